The van der Waals surface area contributed by atoms with Gasteiger partial charge in [0.05, 0.1) is 55.9 Å². The molecule has 3 aliphatic heterocycles. The molecule has 5 aliphatic rings. The molecule has 0 aromatic heterocycles. The summed E-state index contributed by atoms with van der Waals surface area (Å²) in [7, 11) is 2.96. The quantitative estimate of drug-likeness (QED) is 0.110. The van der Waals surface area contributed by atoms with Gasteiger partial charge in [-0.3, -0.25) is 0 Å². The van der Waals surface area contributed by atoms with Gasteiger partial charge in [0.25, 0.3) is 0 Å². The molecule has 0 spiro atoms. The summed E-state index contributed by atoms with van der Waals surface area (Å²) in [5, 5.41) is 104. The second-order valence-electron chi connectivity index (χ2n) is 13.2. The molecular weight excluding hydrogens is 620 g/mol. The maximum atomic E-state index is 10.9. The smallest absolute Gasteiger partial charge is 0.187 e. The van der Waals surface area contributed by atoms with Crippen molar-refractivity contribution in [1.29, 1.82) is 0 Å². The van der Waals surface area contributed by atoms with Gasteiger partial charge in [0, 0.05) is 20.1 Å². The van der Waals surface area contributed by atoms with Gasteiger partial charge >= 0.3 is 0 Å². The normalized spacial score (nSPS) is 53.5. The van der Waals surface area contributed by atoms with E-state index in [2.05, 4.69) is 0 Å². The van der Waals surface area contributed by atoms with Crippen molar-refractivity contribution in [2.75, 3.05) is 27.4 Å². The van der Waals surface area contributed by atoms with Crippen LogP contribution in [0.2, 0.25) is 0 Å². The van der Waals surface area contributed by atoms with Gasteiger partial charge in [0.2, 0.25) is 0 Å². The molecule has 3 saturated heterocycles. The SMILES string of the molecule is COC1CC(C2OC3CC(O)CC(O)C3CC2OC2OC(COC3OC(CO)C(O)C(O)C3O)C(O)C(O)C2O)CC(OC)C1O. The van der Waals surface area contributed by atoms with Crippen molar-refractivity contribution in [1.82, 2.24) is 0 Å². The van der Waals surface area contributed by atoms with E-state index in [4.69, 9.17) is 33.2 Å². The van der Waals surface area contributed by atoms with E-state index in [0.29, 0.717) is 19.3 Å². The summed E-state index contributed by atoms with van der Waals surface area (Å²) in [6, 6.07) is 0. The van der Waals surface area contributed by atoms with Crippen LogP contribution in [0.1, 0.15) is 32.1 Å². The molecule has 17 nitrogen and oxygen atoms in total. The van der Waals surface area contributed by atoms with Crippen molar-refractivity contribution in [2.24, 2.45) is 11.8 Å². The highest BCUT2D eigenvalue weighted by Crippen LogP contribution is 2.44. The molecule has 18 unspecified atom stereocenters. The predicted octanol–water partition coefficient (Wildman–Crippen LogP) is -4.91. The van der Waals surface area contributed by atoms with Crippen LogP contribution in [0.25, 0.3) is 0 Å². The van der Waals surface area contributed by atoms with Gasteiger partial charge in [0.15, 0.2) is 12.6 Å². The lowest BCUT2D eigenvalue weighted by atomic mass is 9.72. The van der Waals surface area contributed by atoms with E-state index in [1.54, 1.807) is 0 Å². The lowest BCUT2D eigenvalue weighted by Gasteiger charge is -2.52. The molecule has 2 aliphatic carbocycles. The topological polar surface area (TPSA) is 267 Å². The van der Waals surface area contributed by atoms with Crippen LogP contribution in [0.4, 0.5) is 0 Å². The van der Waals surface area contributed by atoms with E-state index >= 15 is 0 Å². The minimum Gasteiger partial charge on any atom is -0.394 e. The second kappa shape index (κ2) is 15.5. The fourth-order valence-electron chi connectivity index (χ4n) is 7.63. The van der Waals surface area contributed by atoms with Crippen LogP contribution in [0.3, 0.4) is 0 Å². The Morgan fingerprint density at radius 1 is 0.587 bits per heavy atom. The average molecular weight is 671 g/mol. The zero-order valence-electron chi connectivity index (χ0n) is 25.8. The molecular formula is C29H50O17. The summed E-state index contributed by atoms with van der Waals surface area (Å²) >= 11 is 0. The Hall–Kier alpha value is -0.680. The van der Waals surface area contributed by atoms with Crippen molar-refractivity contribution in [3.05, 3.63) is 0 Å². The fraction of sp³-hybridized carbons (Fsp3) is 1.00. The van der Waals surface area contributed by atoms with Crippen molar-refractivity contribution in [3.8, 4) is 0 Å². The Balaban J connectivity index is 1.32. The molecule has 5 rings (SSSR count). The molecule has 46 heavy (non-hydrogen) atoms. The fourth-order valence-corrected chi connectivity index (χ4v) is 7.63. The summed E-state index contributed by atoms with van der Waals surface area (Å²) in [5.74, 6) is -0.709. The van der Waals surface area contributed by atoms with E-state index in [-0.39, 0.29) is 18.8 Å². The average Bonchev–Trinajstić information content (AvgIpc) is 3.04. The monoisotopic (exact) mass is 670 g/mol. The first-order chi connectivity index (χ1) is 21.9. The number of rotatable bonds is 9. The van der Waals surface area contributed by atoms with Gasteiger partial charge in [-0.2, -0.15) is 0 Å². The van der Waals surface area contributed by atoms with E-state index in [9.17, 15) is 51.1 Å². The van der Waals surface area contributed by atoms with Gasteiger partial charge in [-0.25, -0.2) is 0 Å². The van der Waals surface area contributed by atoms with Gasteiger partial charge < -0.3 is 84.2 Å². The predicted molar refractivity (Wildman–Crippen MR) is 150 cm³/mol. The first-order valence-electron chi connectivity index (χ1n) is 15.9. The molecule has 0 amide bonds. The Kier molecular flexibility index (Phi) is 12.3. The van der Waals surface area contributed by atoms with Crippen molar-refractivity contribution < 1.29 is 84.2 Å². The van der Waals surface area contributed by atoms with Crippen LogP contribution < -0.4 is 0 Å². The number of hydrogen-bond donors (Lipinski definition) is 10. The molecule has 18 atom stereocenters. The zero-order chi connectivity index (χ0) is 33.4. The van der Waals surface area contributed by atoms with Crippen molar-refractivity contribution in [2.45, 2.75) is 142 Å². The third kappa shape index (κ3) is 7.41. The number of ether oxygens (including phenoxy) is 7. The largest absolute Gasteiger partial charge is 0.394 e. The Bertz CT molecular complexity index is 947. The lowest BCUT2D eigenvalue weighted by molar-refractivity contribution is -0.347. The highest BCUT2D eigenvalue weighted by atomic mass is 16.7. The van der Waals surface area contributed by atoms with Gasteiger partial charge in [0.1, 0.15) is 54.9 Å². The minimum absolute atomic E-state index is 0.153. The molecule has 268 valence electrons. The van der Waals surface area contributed by atoms with Crippen LogP contribution in [-0.4, -0.2) is 189 Å². The van der Waals surface area contributed by atoms with E-state index in [1.807, 2.05) is 0 Å². The summed E-state index contributed by atoms with van der Waals surface area (Å²) in [4.78, 5) is 0. The third-order valence-corrected chi connectivity index (χ3v) is 10.3. The molecule has 10 N–H and O–H groups in total. The molecule has 0 bridgehead atoms. The summed E-state index contributed by atoms with van der Waals surface area (Å²) < 4.78 is 40.6. The highest BCUT2D eigenvalue weighted by Gasteiger charge is 2.53. The Morgan fingerprint density at radius 2 is 1.17 bits per heavy atom. The number of hydrogen-bond acceptors (Lipinski definition) is 17. The van der Waals surface area contributed by atoms with Crippen molar-refractivity contribution in [3.63, 3.8) is 0 Å². The minimum atomic E-state index is -1.76. The van der Waals surface area contributed by atoms with Gasteiger partial charge in [-0.05, 0) is 38.0 Å². The maximum Gasteiger partial charge on any atom is 0.187 e. The highest BCUT2D eigenvalue weighted by molar-refractivity contribution is 5.00. The molecule has 2 saturated carbocycles. The molecule has 17 heteroatoms. The molecule has 5 fully saturated rings. The Morgan fingerprint density at radius 3 is 1.78 bits per heavy atom. The van der Waals surface area contributed by atoms with E-state index in [1.165, 1.54) is 14.2 Å². The maximum absolute atomic E-state index is 10.9. The first kappa shape index (κ1) is 36.6. The van der Waals surface area contributed by atoms with Crippen LogP contribution in [0, 0.1) is 11.8 Å². The Labute approximate surface area is 266 Å². The molecule has 0 aromatic rings. The standard InChI is InChI=1S/C29H50O17/c1-40-15-3-10(4-16(41-2)20(15)33)27-17(7-12-13(32)5-11(31)6-14(12)43-27)44-29-26(39)24(37)22(35)19(46-29)9-42-28-25(38)23(36)21(34)18(8-30)45-28/h10-39H,3-9H2,1-2H3. The van der Waals surface area contributed by atoms with E-state index in [0.717, 1.165) is 0 Å². The van der Waals surface area contributed by atoms with Gasteiger partial charge in [-0.15, -0.1) is 0 Å². The molecule has 0 aromatic carbocycles. The number of aliphatic hydroxyl groups excluding tert-OH is 10. The lowest BCUT2D eigenvalue weighted by Crippen LogP contribution is -2.63. The van der Waals surface area contributed by atoms with Gasteiger partial charge in [-0.1, -0.05) is 0 Å². The summed E-state index contributed by atoms with van der Waals surface area (Å²) in [5.41, 5.74) is 0. The van der Waals surface area contributed by atoms with Crippen LogP contribution in [-0.2, 0) is 33.2 Å². The zero-order valence-corrected chi connectivity index (χ0v) is 25.8. The second-order valence-corrected chi connectivity index (χ2v) is 13.2. The van der Waals surface area contributed by atoms with Crippen LogP contribution in [0.5, 0.6) is 0 Å². The summed E-state index contributed by atoms with van der Waals surface area (Å²) in [6.45, 7) is -1.20. The summed E-state index contributed by atoms with van der Waals surface area (Å²) in [6.07, 6.45) is -20.0. The van der Waals surface area contributed by atoms with Crippen LogP contribution in [0.15, 0.2) is 0 Å². The van der Waals surface area contributed by atoms with Crippen molar-refractivity contribution >= 4 is 0 Å². The number of methoxy groups -OCH3 is 2. The number of fused-ring (bicyclic) bond motifs is 1. The third-order valence-electron chi connectivity index (χ3n) is 10.3. The number of aliphatic hydroxyl groups is 10. The van der Waals surface area contributed by atoms with Crippen LogP contribution >= 0.6 is 0 Å². The molecule has 3 heterocycles. The van der Waals surface area contributed by atoms with E-state index < -0.39 is 129 Å². The first-order valence-corrected chi connectivity index (χ1v) is 15.9. The molecule has 0 radical (unpaired) electrons.